The second-order valence-corrected chi connectivity index (χ2v) is 7.05. The Kier molecular flexibility index (Phi) is 4.63. The predicted octanol–water partition coefficient (Wildman–Crippen LogP) is 1.71. The van der Waals surface area contributed by atoms with Crippen LogP contribution in [0.25, 0.3) is 0 Å². The summed E-state index contributed by atoms with van der Waals surface area (Å²) in [5.74, 6) is -0.987. The molecule has 0 spiro atoms. The minimum Gasteiger partial charge on any atom is -0.469 e. The van der Waals surface area contributed by atoms with Gasteiger partial charge in [-0.05, 0) is 43.5 Å². The number of benzene rings is 1. The van der Waals surface area contributed by atoms with Gasteiger partial charge in [-0.15, -0.1) is 0 Å². The molecule has 7 heteroatoms. The molecule has 0 atom stereocenters. The number of esters is 1. The van der Waals surface area contributed by atoms with E-state index in [1.165, 1.54) is 30.5 Å². The van der Waals surface area contributed by atoms with Crippen LogP contribution in [0.1, 0.15) is 18.4 Å². The van der Waals surface area contributed by atoms with E-state index in [-0.39, 0.29) is 29.9 Å². The average Bonchev–Trinajstić information content (AvgIpc) is 2.49. The van der Waals surface area contributed by atoms with Crippen molar-refractivity contribution in [3.63, 3.8) is 0 Å². The molecule has 1 heterocycles. The molecule has 1 fully saturated rings. The smallest absolute Gasteiger partial charge is 0.308 e. The van der Waals surface area contributed by atoms with Crippen molar-refractivity contribution in [1.29, 1.82) is 0 Å². The van der Waals surface area contributed by atoms with E-state index in [2.05, 4.69) is 4.74 Å². The Labute approximate surface area is 123 Å². The van der Waals surface area contributed by atoms with Crippen LogP contribution in [0.15, 0.2) is 23.1 Å². The fourth-order valence-corrected chi connectivity index (χ4v) is 3.98. The van der Waals surface area contributed by atoms with Crippen LogP contribution in [0.5, 0.6) is 0 Å². The number of carbonyl (C=O) groups is 1. The minimum atomic E-state index is -3.64. The molecule has 0 saturated carbocycles. The summed E-state index contributed by atoms with van der Waals surface area (Å²) in [5.41, 5.74) is 0.292. The zero-order valence-corrected chi connectivity index (χ0v) is 12.8. The summed E-state index contributed by atoms with van der Waals surface area (Å²) in [5, 5.41) is 0. The molecule has 0 aliphatic carbocycles. The van der Waals surface area contributed by atoms with Crippen LogP contribution in [-0.4, -0.2) is 38.9 Å². The molecule has 2 rings (SSSR count). The molecule has 0 bridgehead atoms. The third-order valence-electron chi connectivity index (χ3n) is 3.76. The highest BCUT2D eigenvalue weighted by Crippen LogP contribution is 2.25. The summed E-state index contributed by atoms with van der Waals surface area (Å²) in [6.45, 7) is 2.05. The van der Waals surface area contributed by atoms with Crippen molar-refractivity contribution in [2.75, 3.05) is 20.2 Å². The van der Waals surface area contributed by atoms with E-state index in [0.717, 1.165) is 6.07 Å². The van der Waals surface area contributed by atoms with E-state index in [1.54, 1.807) is 0 Å². The van der Waals surface area contributed by atoms with Crippen molar-refractivity contribution in [3.8, 4) is 0 Å². The molecular weight excluding hydrogens is 297 g/mol. The Morgan fingerprint density at radius 2 is 1.95 bits per heavy atom. The molecule has 0 unspecified atom stereocenters. The highest BCUT2D eigenvalue weighted by atomic mass is 32.2. The first-order chi connectivity index (χ1) is 9.86. The molecule has 0 amide bonds. The quantitative estimate of drug-likeness (QED) is 0.797. The van der Waals surface area contributed by atoms with Gasteiger partial charge in [0.2, 0.25) is 10.0 Å². The number of ether oxygens (including phenoxy) is 1. The number of piperidine rings is 1. The molecule has 5 nitrogen and oxygen atoms in total. The number of halogens is 1. The molecule has 1 aromatic rings. The maximum atomic E-state index is 13.2. The lowest BCUT2D eigenvalue weighted by Gasteiger charge is -2.29. The van der Waals surface area contributed by atoms with Crippen molar-refractivity contribution in [2.45, 2.75) is 24.7 Å². The van der Waals surface area contributed by atoms with Gasteiger partial charge in [0.1, 0.15) is 5.82 Å². The Morgan fingerprint density at radius 1 is 1.33 bits per heavy atom. The highest BCUT2D eigenvalue weighted by molar-refractivity contribution is 7.89. The Hall–Kier alpha value is -1.47. The largest absolute Gasteiger partial charge is 0.469 e. The molecule has 0 radical (unpaired) electrons. The van der Waals surface area contributed by atoms with Crippen LogP contribution < -0.4 is 0 Å². The lowest BCUT2D eigenvalue weighted by atomic mass is 9.99. The third-order valence-corrected chi connectivity index (χ3v) is 5.65. The Morgan fingerprint density at radius 3 is 2.48 bits per heavy atom. The van der Waals surface area contributed by atoms with Crippen LogP contribution >= 0.6 is 0 Å². The summed E-state index contributed by atoms with van der Waals surface area (Å²) in [6.07, 6.45) is 0.873. The Balaban J connectivity index is 2.14. The fraction of sp³-hybridized carbons (Fsp3) is 0.500. The number of hydrogen-bond donors (Lipinski definition) is 0. The maximum absolute atomic E-state index is 13.2. The summed E-state index contributed by atoms with van der Waals surface area (Å²) in [6, 6.07) is 3.75. The van der Waals surface area contributed by atoms with Gasteiger partial charge in [-0.3, -0.25) is 4.79 Å². The van der Waals surface area contributed by atoms with Gasteiger partial charge in [0.15, 0.2) is 0 Å². The zero-order valence-electron chi connectivity index (χ0n) is 12.0. The first-order valence-corrected chi connectivity index (χ1v) is 8.14. The third kappa shape index (κ3) is 3.24. The molecular formula is C14H18FNO4S. The molecule has 1 saturated heterocycles. The van der Waals surface area contributed by atoms with E-state index in [1.807, 2.05) is 0 Å². The topological polar surface area (TPSA) is 63.7 Å². The SMILES string of the molecule is COC(=O)C1CCN(S(=O)(=O)c2ccc(F)c(C)c2)CC1. The molecule has 1 aliphatic heterocycles. The van der Waals surface area contributed by atoms with E-state index >= 15 is 0 Å². The van der Waals surface area contributed by atoms with Crippen LogP contribution in [0.4, 0.5) is 4.39 Å². The minimum absolute atomic E-state index is 0.0814. The van der Waals surface area contributed by atoms with Crippen molar-refractivity contribution in [1.82, 2.24) is 4.31 Å². The second kappa shape index (κ2) is 6.11. The molecule has 0 N–H and O–H groups in total. The van der Waals surface area contributed by atoms with Crippen LogP contribution in [-0.2, 0) is 19.6 Å². The van der Waals surface area contributed by atoms with Gasteiger partial charge in [0.05, 0.1) is 17.9 Å². The van der Waals surface area contributed by atoms with Gasteiger partial charge < -0.3 is 4.74 Å². The van der Waals surface area contributed by atoms with E-state index in [9.17, 15) is 17.6 Å². The monoisotopic (exact) mass is 315 g/mol. The second-order valence-electron chi connectivity index (χ2n) is 5.11. The van der Waals surface area contributed by atoms with Crippen molar-refractivity contribution < 1.29 is 22.3 Å². The lowest BCUT2D eigenvalue weighted by Crippen LogP contribution is -2.40. The zero-order chi connectivity index (χ0) is 15.6. The van der Waals surface area contributed by atoms with Gasteiger partial charge in [-0.2, -0.15) is 4.31 Å². The van der Waals surface area contributed by atoms with E-state index in [0.29, 0.717) is 18.4 Å². The first-order valence-electron chi connectivity index (χ1n) is 6.70. The highest BCUT2D eigenvalue weighted by Gasteiger charge is 2.32. The number of rotatable bonds is 3. The standard InChI is InChI=1S/C14H18FNO4S/c1-10-9-12(3-4-13(10)15)21(18,19)16-7-5-11(6-8-16)14(17)20-2/h3-4,9,11H,5-8H2,1-2H3. The molecule has 116 valence electrons. The summed E-state index contributed by atoms with van der Waals surface area (Å²) in [4.78, 5) is 11.5. The van der Waals surface area contributed by atoms with Crippen LogP contribution in [0, 0.1) is 18.7 Å². The lowest BCUT2D eigenvalue weighted by molar-refractivity contribution is -0.146. The van der Waals surface area contributed by atoms with E-state index in [4.69, 9.17) is 0 Å². The predicted molar refractivity (Wildman–Crippen MR) is 74.6 cm³/mol. The number of sulfonamides is 1. The average molecular weight is 315 g/mol. The van der Waals surface area contributed by atoms with Crippen LogP contribution in [0.2, 0.25) is 0 Å². The Bertz CT molecular complexity index is 636. The van der Waals surface area contributed by atoms with Crippen molar-refractivity contribution in [3.05, 3.63) is 29.6 Å². The summed E-state index contributed by atoms with van der Waals surface area (Å²) < 4.78 is 44.2. The maximum Gasteiger partial charge on any atom is 0.308 e. The first kappa shape index (κ1) is 15.9. The molecule has 0 aromatic heterocycles. The molecule has 21 heavy (non-hydrogen) atoms. The van der Waals surface area contributed by atoms with Gasteiger partial charge in [-0.25, -0.2) is 12.8 Å². The molecule has 1 aliphatic rings. The summed E-state index contributed by atoms with van der Waals surface area (Å²) >= 11 is 0. The van der Waals surface area contributed by atoms with Crippen LogP contribution in [0.3, 0.4) is 0 Å². The number of aryl methyl sites for hydroxylation is 1. The number of hydrogen-bond acceptors (Lipinski definition) is 4. The summed E-state index contributed by atoms with van der Waals surface area (Å²) in [7, 11) is -2.32. The number of methoxy groups -OCH3 is 1. The van der Waals surface area contributed by atoms with Gasteiger partial charge >= 0.3 is 5.97 Å². The van der Waals surface area contributed by atoms with Gasteiger partial charge in [-0.1, -0.05) is 0 Å². The van der Waals surface area contributed by atoms with Gasteiger partial charge in [0, 0.05) is 13.1 Å². The van der Waals surface area contributed by atoms with E-state index < -0.39 is 15.8 Å². The molecule has 1 aromatic carbocycles. The number of nitrogens with zero attached hydrogens (tertiary/aromatic N) is 1. The van der Waals surface area contributed by atoms with Crippen molar-refractivity contribution >= 4 is 16.0 Å². The fourth-order valence-electron chi connectivity index (χ4n) is 2.43. The van der Waals surface area contributed by atoms with Crippen molar-refractivity contribution in [2.24, 2.45) is 5.92 Å². The van der Waals surface area contributed by atoms with Gasteiger partial charge in [0.25, 0.3) is 0 Å². The normalized spacial score (nSPS) is 17.7. The number of carbonyl (C=O) groups excluding carboxylic acids is 1.